The maximum Gasteiger partial charge on any atom is 0.418 e. The van der Waals surface area contributed by atoms with Gasteiger partial charge in [-0.2, -0.15) is 13.2 Å². The Labute approximate surface area is 413 Å². The van der Waals surface area contributed by atoms with Crippen LogP contribution in [0.1, 0.15) is 87.3 Å². The van der Waals surface area contributed by atoms with E-state index in [4.69, 9.17) is 0 Å². The number of hydrogen-bond acceptors (Lipinski definition) is 10. The monoisotopic (exact) mass is 983 g/mol. The number of alkyl halides is 3. The standard InChI is InChI=1S/C53H56F3N11O5/c1-60-33-57-59-47(60)27-34-3-2-4-42(25-34)65-32-46-44(53(54,55)56)26-35(30-67(46)52(65)72)29-61-21-23-63(24-22-61)40-7-5-38(6-8-40)50(70)64-19-15-37(16-20-64)36-13-17-62(18-14-36)41-9-10-43-39(28-41)31-66(51(43)71)45-11-12-48(68)58-49(45)69/h2-10,25-26,28,30,32-33,36-37,45H,11-24,27,29,31H2,1H3,(H,58,68,69). The van der Waals surface area contributed by atoms with Gasteiger partial charge in [-0.25, -0.2) is 4.79 Å². The minimum atomic E-state index is -4.68. The Kier molecular flexibility index (Phi) is 12.5. The molecule has 0 bridgehead atoms. The molecular weight excluding hydrogens is 928 g/mol. The molecule has 4 saturated heterocycles. The van der Waals surface area contributed by atoms with Crippen LogP contribution in [0, 0.1) is 11.8 Å². The fraction of sp³-hybridized carbons (Fsp3) is 0.415. The molecule has 0 saturated carbocycles. The van der Waals surface area contributed by atoms with Gasteiger partial charge in [-0.1, -0.05) is 12.1 Å². The van der Waals surface area contributed by atoms with Crippen molar-refractivity contribution in [1.29, 1.82) is 0 Å². The van der Waals surface area contributed by atoms with Gasteiger partial charge in [0.2, 0.25) is 11.8 Å². The summed E-state index contributed by atoms with van der Waals surface area (Å²) in [6.45, 7) is 6.36. The van der Waals surface area contributed by atoms with Gasteiger partial charge in [0.05, 0.1) is 16.8 Å². The Morgan fingerprint density at radius 2 is 1.46 bits per heavy atom. The Bertz CT molecular complexity index is 3120. The molecule has 1 N–H and O–H groups in total. The zero-order valence-corrected chi connectivity index (χ0v) is 40.1. The van der Waals surface area contributed by atoms with Gasteiger partial charge < -0.3 is 24.2 Å². The summed E-state index contributed by atoms with van der Waals surface area (Å²) < 4.78 is 47.9. The lowest BCUT2D eigenvalue weighted by molar-refractivity contribution is -0.137. The number of halogens is 3. The molecule has 6 aromatic rings. The predicted molar refractivity (Wildman–Crippen MR) is 262 cm³/mol. The summed E-state index contributed by atoms with van der Waals surface area (Å²) in [6.07, 6.45) is 4.74. The maximum absolute atomic E-state index is 14.6. The van der Waals surface area contributed by atoms with Crippen molar-refractivity contribution in [3.05, 3.63) is 141 Å². The van der Waals surface area contributed by atoms with Crippen LogP contribution in [0.2, 0.25) is 0 Å². The Morgan fingerprint density at radius 1 is 0.750 bits per heavy atom. The van der Waals surface area contributed by atoms with Crippen molar-refractivity contribution in [3.8, 4) is 5.69 Å². The molecule has 5 aliphatic heterocycles. The van der Waals surface area contributed by atoms with Crippen molar-refractivity contribution in [2.75, 3.05) is 62.2 Å². The highest BCUT2D eigenvalue weighted by atomic mass is 19.4. The zero-order valence-electron chi connectivity index (χ0n) is 40.1. The van der Waals surface area contributed by atoms with Crippen molar-refractivity contribution < 1.29 is 32.3 Å². The number of carbonyl (C=O) groups excluding carboxylic acids is 4. The van der Waals surface area contributed by atoms with E-state index in [2.05, 4.69) is 36.3 Å². The molecule has 16 nitrogen and oxygen atoms in total. The molecule has 11 rings (SSSR count). The van der Waals surface area contributed by atoms with E-state index in [1.54, 1.807) is 34.0 Å². The van der Waals surface area contributed by atoms with E-state index < -0.39 is 29.4 Å². The van der Waals surface area contributed by atoms with Gasteiger partial charge in [-0.3, -0.25) is 38.4 Å². The number of pyridine rings is 1. The van der Waals surface area contributed by atoms with Gasteiger partial charge in [0.25, 0.3) is 11.8 Å². The Morgan fingerprint density at radius 3 is 2.15 bits per heavy atom. The molecule has 1 unspecified atom stereocenters. The summed E-state index contributed by atoms with van der Waals surface area (Å²) in [5, 5.41) is 10.4. The van der Waals surface area contributed by atoms with Crippen LogP contribution in [0.15, 0.2) is 96.3 Å². The molecule has 0 spiro atoms. The van der Waals surface area contributed by atoms with Crippen LogP contribution in [-0.4, -0.2) is 120 Å². The highest BCUT2D eigenvalue weighted by Crippen LogP contribution is 2.37. The normalized spacial score (nSPS) is 19.7. The van der Waals surface area contributed by atoms with Crippen LogP contribution >= 0.6 is 0 Å². The number of piperazine rings is 1. The molecule has 5 aliphatic rings. The summed E-state index contributed by atoms with van der Waals surface area (Å²) in [5.41, 5.74) is 4.27. The fourth-order valence-electron chi connectivity index (χ4n) is 11.6. The number of hydrogen-bond donors (Lipinski definition) is 1. The number of imide groups is 1. The SMILES string of the molecule is Cn1cnnc1Cc1cccc(-n2cc3c(C(F)(F)F)cc(CN4CCN(c5ccc(C(=O)N6CCC(C7CCN(c8ccc9c(c8)CN(C8CCC(=O)NC8=O)C9=O)CC7)CC6)cc5)CC4)cn3c2=O)c1. The molecule has 72 heavy (non-hydrogen) atoms. The van der Waals surface area contributed by atoms with Crippen LogP contribution < -0.4 is 20.8 Å². The van der Waals surface area contributed by atoms with E-state index in [9.17, 15) is 37.1 Å². The van der Waals surface area contributed by atoms with Crippen molar-refractivity contribution >= 4 is 40.5 Å². The van der Waals surface area contributed by atoms with E-state index in [1.807, 2.05) is 54.4 Å². The van der Waals surface area contributed by atoms with E-state index in [0.717, 1.165) is 71.7 Å². The topological polar surface area (TPSA) is 154 Å². The largest absolute Gasteiger partial charge is 0.418 e. The minimum Gasteiger partial charge on any atom is -0.372 e. The first-order chi connectivity index (χ1) is 34.7. The molecule has 1 atom stereocenters. The average Bonchev–Trinajstić information content (AvgIpc) is 4.06. The third-order valence-corrected chi connectivity index (χ3v) is 15.6. The maximum atomic E-state index is 14.6. The second kappa shape index (κ2) is 19.0. The molecule has 3 aromatic carbocycles. The highest BCUT2D eigenvalue weighted by Gasteiger charge is 2.40. The van der Waals surface area contributed by atoms with Crippen LogP contribution in [0.5, 0.6) is 0 Å². The number of rotatable bonds is 10. The highest BCUT2D eigenvalue weighted by molar-refractivity contribution is 6.05. The second-order valence-corrected chi connectivity index (χ2v) is 20.0. The lowest BCUT2D eigenvalue weighted by Crippen LogP contribution is -2.52. The molecule has 4 amide bonds. The van der Waals surface area contributed by atoms with Crippen molar-refractivity contribution in [1.82, 2.24) is 43.7 Å². The van der Waals surface area contributed by atoms with Crippen LogP contribution in [0.3, 0.4) is 0 Å². The van der Waals surface area contributed by atoms with Gasteiger partial charge in [0.15, 0.2) is 0 Å². The minimum absolute atomic E-state index is 0.0300. The molecule has 374 valence electrons. The molecule has 19 heteroatoms. The first-order valence-corrected chi connectivity index (χ1v) is 24.9. The number of aromatic nitrogens is 5. The van der Waals surface area contributed by atoms with Gasteiger partial charge in [-0.05, 0) is 121 Å². The summed E-state index contributed by atoms with van der Waals surface area (Å²) in [6, 6.07) is 21.3. The molecule has 0 radical (unpaired) electrons. The Hall–Kier alpha value is -7.28. The van der Waals surface area contributed by atoms with Crippen LogP contribution in [-0.2, 0) is 42.3 Å². The predicted octanol–water partition coefficient (Wildman–Crippen LogP) is 5.68. The van der Waals surface area contributed by atoms with Gasteiger partial charge in [0, 0.05) is 120 Å². The lowest BCUT2D eigenvalue weighted by atomic mass is 9.78. The van der Waals surface area contributed by atoms with E-state index in [1.165, 1.54) is 17.0 Å². The molecular formula is C53H56F3N11O5. The smallest absolute Gasteiger partial charge is 0.372 e. The van der Waals surface area contributed by atoms with Crippen molar-refractivity contribution in [3.63, 3.8) is 0 Å². The average molecular weight is 984 g/mol. The number of aryl methyl sites for hydroxylation is 1. The van der Waals surface area contributed by atoms with E-state index in [-0.39, 0.29) is 36.2 Å². The molecule has 3 aromatic heterocycles. The summed E-state index contributed by atoms with van der Waals surface area (Å²) in [4.78, 5) is 75.1. The Balaban J connectivity index is 0.656. The van der Waals surface area contributed by atoms with Gasteiger partial charge in [0.1, 0.15) is 18.2 Å². The summed E-state index contributed by atoms with van der Waals surface area (Å²) in [7, 11) is 1.83. The van der Waals surface area contributed by atoms with Crippen molar-refractivity contribution in [2.45, 2.75) is 70.3 Å². The van der Waals surface area contributed by atoms with E-state index >= 15 is 0 Å². The third-order valence-electron chi connectivity index (χ3n) is 15.6. The lowest BCUT2D eigenvalue weighted by Gasteiger charge is -2.41. The first kappa shape index (κ1) is 47.1. The number of carbonyl (C=O) groups is 4. The van der Waals surface area contributed by atoms with Crippen LogP contribution in [0.4, 0.5) is 24.5 Å². The number of imidazole rings is 1. The quantitative estimate of drug-likeness (QED) is 0.170. The molecule has 4 fully saturated rings. The number of amides is 4. The number of fused-ring (bicyclic) bond motifs is 2. The summed E-state index contributed by atoms with van der Waals surface area (Å²) in [5.74, 6) is 0.999. The fourth-order valence-corrected chi connectivity index (χ4v) is 11.6. The van der Waals surface area contributed by atoms with Gasteiger partial charge in [-0.15, -0.1) is 10.2 Å². The number of nitrogens with one attached hydrogen (secondary N) is 1. The first-order valence-electron chi connectivity index (χ1n) is 24.9. The molecule has 0 aliphatic carbocycles. The number of likely N-dealkylation sites (tertiary alicyclic amines) is 1. The van der Waals surface area contributed by atoms with Gasteiger partial charge >= 0.3 is 11.9 Å². The van der Waals surface area contributed by atoms with Crippen LogP contribution in [0.25, 0.3) is 11.2 Å². The third kappa shape index (κ3) is 9.25. The summed E-state index contributed by atoms with van der Waals surface area (Å²) >= 11 is 0. The number of anilines is 2. The van der Waals surface area contributed by atoms with E-state index in [0.29, 0.717) is 98.7 Å². The van der Waals surface area contributed by atoms with Crippen molar-refractivity contribution in [2.24, 2.45) is 18.9 Å². The zero-order chi connectivity index (χ0) is 49.8. The number of piperidine rings is 3. The second-order valence-electron chi connectivity index (χ2n) is 20.0. The number of nitrogens with zero attached hydrogens (tertiary/aromatic N) is 10. The number of benzene rings is 3. The molecule has 8 heterocycles.